The van der Waals surface area contributed by atoms with E-state index in [1.54, 1.807) is 24.2 Å². The van der Waals surface area contributed by atoms with E-state index in [1.165, 1.54) is 5.56 Å². The Bertz CT molecular complexity index is 519. The van der Waals surface area contributed by atoms with E-state index in [0.29, 0.717) is 0 Å². The standard InChI is InChI=1S/C16H21N3OS/c1-3-11-20-14-7-5-13(6-8-14)15(17-2)12-21-16-18-9-4-10-19-16/h4-10,15,17H,3,11-12H2,1-2H3. The summed E-state index contributed by atoms with van der Waals surface area (Å²) in [6, 6.07) is 10.4. The Morgan fingerprint density at radius 2 is 1.90 bits per heavy atom. The first-order chi connectivity index (χ1) is 10.3. The molecule has 0 bridgehead atoms. The molecule has 0 aliphatic carbocycles. The van der Waals surface area contributed by atoms with Gasteiger partial charge in [0.15, 0.2) is 5.16 Å². The van der Waals surface area contributed by atoms with Crippen LogP contribution in [-0.2, 0) is 0 Å². The molecule has 1 heterocycles. The minimum atomic E-state index is 0.263. The molecule has 112 valence electrons. The van der Waals surface area contributed by atoms with Gasteiger partial charge in [-0.2, -0.15) is 0 Å². The van der Waals surface area contributed by atoms with Crippen molar-refractivity contribution >= 4 is 11.8 Å². The number of hydrogen-bond acceptors (Lipinski definition) is 5. The Labute approximate surface area is 130 Å². The van der Waals surface area contributed by atoms with Crippen LogP contribution in [0.2, 0.25) is 0 Å². The lowest BCUT2D eigenvalue weighted by Gasteiger charge is -2.16. The van der Waals surface area contributed by atoms with E-state index in [4.69, 9.17) is 4.74 Å². The maximum atomic E-state index is 5.61. The van der Waals surface area contributed by atoms with Gasteiger partial charge in [0.05, 0.1) is 6.61 Å². The number of nitrogens with one attached hydrogen (secondary N) is 1. The van der Waals surface area contributed by atoms with E-state index in [-0.39, 0.29) is 6.04 Å². The highest BCUT2D eigenvalue weighted by molar-refractivity contribution is 7.99. The van der Waals surface area contributed by atoms with Crippen molar-refractivity contribution in [1.82, 2.24) is 15.3 Å². The van der Waals surface area contributed by atoms with Crippen LogP contribution in [0.3, 0.4) is 0 Å². The van der Waals surface area contributed by atoms with E-state index in [2.05, 4.69) is 34.3 Å². The molecule has 2 rings (SSSR count). The molecule has 0 saturated carbocycles. The van der Waals surface area contributed by atoms with Crippen molar-refractivity contribution in [2.45, 2.75) is 24.5 Å². The van der Waals surface area contributed by atoms with Gasteiger partial charge in [-0.1, -0.05) is 30.8 Å². The predicted molar refractivity (Wildman–Crippen MR) is 86.8 cm³/mol. The zero-order valence-electron chi connectivity index (χ0n) is 12.5. The van der Waals surface area contributed by atoms with Crippen LogP contribution in [0, 0.1) is 0 Å². The van der Waals surface area contributed by atoms with Crippen molar-refractivity contribution in [3.8, 4) is 5.75 Å². The van der Waals surface area contributed by atoms with Crippen LogP contribution in [0.15, 0.2) is 47.9 Å². The fourth-order valence-electron chi connectivity index (χ4n) is 1.88. The van der Waals surface area contributed by atoms with E-state index in [0.717, 1.165) is 29.7 Å². The quantitative estimate of drug-likeness (QED) is 0.599. The fraction of sp³-hybridized carbons (Fsp3) is 0.375. The molecule has 4 nitrogen and oxygen atoms in total. The van der Waals surface area contributed by atoms with Crippen LogP contribution in [-0.4, -0.2) is 29.4 Å². The molecule has 5 heteroatoms. The summed E-state index contributed by atoms with van der Waals surface area (Å²) in [5, 5.41) is 4.14. The number of thioether (sulfide) groups is 1. The van der Waals surface area contributed by atoms with Gasteiger partial charge in [0.25, 0.3) is 0 Å². The second-order valence-electron chi connectivity index (χ2n) is 4.60. The van der Waals surface area contributed by atoms with Gasteiger partial charge in [0.1, 0.15) is 5.75 Å². The average molecular weight is 303 g/mol. The molecule has 2 aromatic rings. The molecule has 0 aliphatic heterocycles. The van der Waals surface area contributed by atoms with Crippen molar-refractivity contribution in [1.29, 1.82) is 0 Å². The normalized spacial score (nSPS) is 12.1. The summed E-state index contributed by atoms with van der Waals surface area (Å²) in [6.45, 7) is 2.87. The van der Waals surface area contributed by atoms with Crippen LogP contribution in [0.1, 0.15) is 24.9 Å². The van der Waals surface area contributed by atoms with Crippen molar-refractivity contribution in [2.75, 3.05) is 19.4 Å². The number of benzene rings is 1. The highest BCUT2D eigenvalue weighted by Gasteiger charge is 2.10. The largest absolute Gasteiger partial charge is 0.494 e. The Kier molecular flexibility index (Phi) is 6.50. The lowest BCUT2D eigenvalue weighted by molar-refractivity contribution is 0.317. The van der Waals surface area contributed by atoms with Crippen LogP contribution in [0.5, 0.6) is 5.75 Å². The third-order valence-corrected chi connectivity index (χ3v) is 3.99. The lowest BCUT2D eigenvalue weighted by Crippen LogP contribution is -2.18. The molecule has 0 spiro atoms. The first-order valence-electron chi connectivity index (χ1n) is 7.13. The first-order valence-corrected chi connectivity index (χ1v) is 8.12. The van der Waals surface area contributed by atoms with Gasteiger partial charge in [-0.15, -0.1) is 0 Å². The molecule has 0 aliphatic rings. The van der Waals surface area contributed by atoms with Crippen LogP contribution >= 0.6 is 11.8 Å². The number of hydrogen-bond donors (Lipinski definition) is 1. The summed E-state index contributed by atoms with van der Waals surface area (Å²) in [5.74, 6) is 1.81. The van der Waals surface area contributed by atoms with E-state index in [9.17, 15) is 0 Å². The highest BCUT2D eigenvalue weighted by atomic mass is 32.2. The van der Waals surface area contributed by atoms with Gasteiger partial charge >= 0.3 is 0 Å². The van der Waals surface area contributed by atoms with Gasteiger partial charge < -0.3 is 10.1 Å². The van der Waals surface area contributed by atoms with E-state index < -0.39 is 0 Å². The molecule has 1 atom stereocenters. The smallest absolute Gasteiger partial charge is 0.187 e. The second-order valence-corrected chi connectivity index (χ2v) is 5.59. The molecule has 0 fully saturated rings. The fourth-order valence-corrected chi connectivity index (χ4v) is 2.83. The van der Waals surface area contributed by atoms with Crippen LogP contribution in [0.25, 0.3) is 0 Å². The second kappa shape index (κ2) is 8.64. The van der Waals surface area contributed by atoms with Crippen molar-refractivity contribution in [2.24, 2.45) is 0 Å². The van der Waals surface area contributed by atoms with Gasteiger partial charge in [0, 0.05) is 24.2 Å². The van der Waals surface area contributed by atoms with E-state index in [1.807, 2.05) is 25.2 Å². The third kappa shape index (κ3) is 5.02. The molecule has 0 amide bonds. The Balaban J connectivity index is 1.94. The Morgan fingerprint density at radius 3 is 2.52 bits per heavy atom. The summed E-state index contributed by atoms with van der Waals surface area (Å²) in [4.78, 5) is 8.46. The van der Waals surface area contributed by atoms with Gasteiger partial charge in [-0.05, 0) is 37.2 Å². The summed E-state index contributed by atoms with van der Waals surface area (Å²) in [7, 11) is 1.97. The highest BCUT2D eigenvalue weighted by Crippen LogP contribution is 2.23. The molecular formula is C16H21N3OS. The molecule has 0 saturated heterocycles. The summed E-state index contributed by atoms with van der Waals surface area (Å²) >= 11 is 1.65. The zero-order valence-corrected chi connectivity index (χ0v) is 13.3. The Hall–Kier alpha value is -1.59. The van der Waals surface area contributed by atoms with Gasteiger partial charge in [0.2, 0.25) is 0 Å². The van der Waals surface area contributed by atoms with Gasteiger partial charge in [-0.25, -0.2) is 9.97 Å². The number of nitrogens with zero attached hydrogens (tertiary/aromatic N) is 2. The number of rotatable bonds is 8. The molecule has 1 aromatic heterocycles. The van der Waals surface area contributed by atoms with Crippen LogP contribution in [0.4, 0.5) is 0 Å². The maximum absolute atomic E-state index is 5.61. The van der Waals surface area contributed by atoms with Crippen molar-refractivity contribution < 1.29 is 4.74 Å². The topological polar surface area (TPSA) is 47.0 Å². The molecule has 1 unspecified atom stereocenters. The first kappa shape index (κ1) is 15.8. The molecule has 1 aromatic carbocycles. The summed E-state index contributed by atoms with van der Waals surface area (Å²) < 4.78 is 5.61. The Morgan fingerprint density at radius 1 is 1.19 bits per heavy atom. The monoisotopic (exact) mass is 303 g/mol. The zero-order chi connectivity index (χ0) is 14.9. The van der Waals surface area contributed by atoms with E-state index >= 15 is 0 Å². The number of ether oxygens (including phenoxy) is 1. The minimum Gasteiger partial charge on any atom is -0.494 e. The maximum Gasteiger partial charge on any atom is 0.187 e. The SMILES string of the molecule is CCCOc1ccc(C(CSc2ncccn2)NC)cc1. The summed E-state index contributed by atoms with van der Waals surface area (Å²) in [6.07, 6.45) is 4.56. The van der Waals surface area contributed by atoms with Crippen molar-refractivity contribution in [3.05, 3.63) is 48.3 Å². The molecule has 21 heavy (non-hydrogen) atoms. The average Bonchev–Trinajstić information content (AvgIpc) is 2.55. The molecular weight excluding hydrogens is 282 g/mol. The van der Waals surface area contributed by atoms with Crippen LogP contribution < -0.4 is 10.1 Å². The van der Waals surface area contributed by atoms with Crippen molar-refractivity contribution in [3.63, 3.8) is 0 Å². The minimum absolute atomic E-state index is 0.263. The predicted octanol–water partition coefficient (Wildman–Crippen LogP) is 3.32. The summed E-state index contributed by atoms with van der Waals surface area (Å²) in [5.41, 5.74) is 1.24. The van der Waals surface area contributed by atoms with Gasteiger partial charge in [-0.3, -0.25) is 0 Å². The number of aromatic nitrogens is 2. The third-order valence-electron chi connectivity index (χ3n) is 3.02. The molecule has 1 N–H and O–H groups in total. The lowest BCUT2D eigenvalue weighted by atomic mass is 10.1. The molecule has 0 radical (unpaired) electrons.